The molecule has 98 valence electrons. The minimum absolute atomic E-state index is 0.0992. The number of carbonyl (C=O) groups excluding carboxylic acids is 1. The van der Waals surface area contributed by atoms with Gasteiger partial charge in [0.05, 0.1) is 0 Å². The van der Waals surface area contributed by atoms with Crippen molar-refractivity contribution in [3.8, 4) is 0 Å². The van der Waals surface area contributed by atoms with Crippen LogP contribution in [-0.4, -0.2) is 11.9 Å². The van der Waals surface area contributed by atoms with Crippen LogP contribution >= 0.6 is 0 Å². The topological polar surface area (TPSA) is 29.1 Å². The molecule has 1 N–H and O–H groups in total. The highest BCUT2D eigenvalue weighted by atomic mass is 16.2. The van der Waals surface area contributed by atoms with Crippen molar-refractivity contribution in [2.24, 2.45) is 23.2 Å². The molecule has 2 aliphatic rings. The van der Waals surface area contributed by atoms with Crippen molar-refractivity contribution in [2.75, 3.05) is 0 Å². The van der Waals surface area contributed by atoms with Gasteiger partial charge >= 0.3 is 0 Å². The van der Waals surface area contributed by atoms with Crippen LogP contribution in [0.2, 0.25) is 0 Å². The van der Waals surface area contributed by atoms with Gasteiger partial charge in [0.15, 0.2) is 0 Å². The fourth-order valence-corrected chi connectivity index (χ4v) is 4.21. The van der Waals surface area contributed by atoms with Gasteiger partial charge in [0, 0.05) is 11.5 Å². The molecule has 2 fully saturated rings. The first kappa shape index (κ1) is 12.9. The summed E-state index contributed by atoms with van der Waals surface area (Å²) in [5.41, 5.74) is -0.0992. The van der Waals surface area contributed by atoms with Gasteiger partial charge in [-0.15, -0.1) is 0 Å². The van der Waals surface area contributed by atoms with E-state index in [-0.39, 0.29) is 17.4 Å². The minimum atomic E-state index is -0.0992. The first-order valence-electron chi connectivity index (χ1n) is 7.20. The highest BCUT2D eigenvalue weighted by molar-refractivity contribution is 5.82. The molecule has 1 amide bonds. The maximum atomic E-state index is 12.3. The Labute approximate surface area is 106 Å². The van der Waals surface area contributed by atoms with Gasteiger partial charge in [-0.2, -0.15) is 0 Å². The van der Waals surface area contributed by atoms with Crippen LogP contribution in [-0.2, 0) is 4.79 Å². The number of hydrogen-bond acceptors (Lipinski definition) is 1. The zero-order valence-electron chi connectivity index (χ0n) is 11.8. The fraction of sp³-hybridized carbons (Fsp3) is 0.933. The quantitative estimate of drug-likeness (QED) is 0.784. The molecule has 0 heterocycles. The monoisotopic (exact) mass is 237 g/mol. The lowest BCUT2D eigenvalue weighted by atomic mass is 9.59. The second-order valence-electron chi connectivity index (χ2n) is 7.14. The van der Waals surface area contributed by atoms with Crippen LogP contribution in [0, 0.1) is 23.2 Å². The number of rotatable bonds is 2. The molecule has 2 heteroatoms. The van der Waals surface area contributed by atoms with Gasteiger partial charge in [0.25, 0.3) is 0 Å². The lowest BCUT2D eigenvalue weighted by Crippen LogP contribution is -2.47. The second-order valence-corrected chi connectivity index (χ2v) is 7.14. The molecule has 0 aromatic carbocycles. The van der Waals surface area contributed by atoms with E-state index in [0.717, 1.165) is 30.6 Å². The first-order valence-corrected chi connectivity index (χ1v) is 7.20. The summed E-state index contributed by atoms with van der Waals surface area (Å²) < 4.78 is 0. The standard InChI is InChI=1S/C15H27NO/c1-10(2)16-14(17)15(4)8-12-5-11(3)6-13(7-12)9-15/h10-13H,5-9H2,1-4H3,(H,16,17). The average molecular weight is 237 g/mol. The molecule has 0 radical (unpaired) electrons. The summed E-state index contributed by atoms with van der Waals surface area (Å²) in [6.45, 7) is 8.65. The molecule has 2 saturated carbocycles. The van der Waals surface area contributed by atoms with Crippen molar-refractivity contribution in [3.63, 3.8) is 0 Å². The SMILES string of the molecule is CC1CC2CC(C1)CC(C)(C(=O)NC(C)C)C2. The van der Waals surface area contributed by atoms with Crippen LogP contribution in [0.3, 0.4) is 0 Å². The molecule has 2 bridgehead atoms. The molecule has 2 nitrogen and oxygen atoms in total. The van der Waals surface area contributed by atoms with E-state index in [1.807, 2.05) is 13.8 Å². The lowest BCUT2D eigenvalue weighted by Gasteiger charge is -2.46. The number of nitrogens with one attached hydrogen (secondary N) is 1. The Balaban J connectivity index is 2.04. The summed E-state index contributed by atoms with van der Waals surface area (Å²) in [4.78, 5) is 12.3. The zero-order chi connectivity index (χ0) is 12.6. The average Bonchev–Trinajstić information content (AvgIpc) is 2.13. The Morgan fingerprint density at radius 2 is 1.71 bits per heavy atom. The van der Waals surface area contributed by atoms with E-state index in [4.69, 9.17) is 0 Å². The van der Waals surface area contributed by atoms with Crippen LogP contribution in [0.1, 0.15) is 59.8 Å². The van der Waals surface area contributed by atoms with Crippen LogP contribution in [0.25, 0.3) is 0 Å². The van der Waals surface area contributed by atoms with Crippen molar-refractivity contribution in [1.82, 2.24) is 5.32 Å². The molecule has 0 aromatic heterocycles. The maximum absolute atomic E-state index is 12.3. The summed E-state index contributed by atoms with van der Waals surface area (Å²) >= 11 is 0. The van der Waals surface area contributed by atoms with E-state index in [1.54, 1.807) is 0 Å². The van der Waals surface area contributed by atoms with E-state index < -0.39 is 0 Å². The summed E-state index contributed by atoms with van der Waals surface area (Å²) in [6, 6.07) is 0.264. The molecule has 0 saturated heterocycles. The Bertz CT molecular complexity index is 279. The van der Waals surface area contributed by atoms with E-state index in [0.29, 0.717) is 0 Å². The number of fused-ring (bicyclic) bond motifs is 2. The van der Waals surface area contributed by atoms with Crippen LogP contribution in [0.4, 0.5) is 0 Å². The predicted molar refractivity (Wildman–Crippen MR) is 70.6 cm³/mol. The van der Waals surface area contributed by atoms with Crippen molar-refractivity contribution in [2.45, 2.75) is 65.8 Å². The van der Waals surface area contributed by atoms with Crippen LogP contribution in [0.5, 0.6) is 0 Å². The third-order valence-electron chi connectivity index (χ3n) is 4.58. The molecule has 2 atom stereocenters. The van der Waals surface area contributed by atoms with Gasteiger partial charge in [-0.05, 0) is 63.7 Å². The van der Waals surface area contributed by atoms with Crippen molar-refractivity contribution >= 4 is 5.91 Å². The highest BCUT2D eigenvalue weighted by Gasteiger charge is 2.45. The third-order valence-corrected chi connectivity index (χ3v) is 4.58. The molecule has 2 unspecified atom stereocenters. The van der Waals surface area contributed by atoms with Crippen molar-refractivity contribution in [1.29, 1.82) is 0 Å². The van der Waals surface area contributed by atoms with Gasteiger partial charge in [-0.25, -0.2) is 0 Å². The molecule has 17 heavy (non-hydrogen) atoms. The van der Waals surface area contributed by atoms with Gasteiger partial charge in [-0.3, -0.25) is 4.79 Å². The Morgan fingerprint density at radius 3 is 2.18 bits per heavy atom. The molecular weight excluding hydrogens is 210 g/mol. The summed E-state index contributed by atoms with van der Waals surface area (Å²) in [5.74, 6) is 2.74. The Kier molecular flexibility index (Phi) is 3.51. The number of carbonyl (C=O) groups is 1. The smallest absolute Gasteiger partial charge is 0.226 e. The van der Waals surface area contributed by atoms with Crippen molar-refractivity contribution < 1.29 is 4.79 Å². The first-order chi connectivity index (χ1) is 7.89. The molecular formula is C15H27NO. The third kappa shape index (κ3) is 2.83. The van der Waals surface area contributed by atoms with E-state index in [2.05, 4.69) is 19.2 Å². The predicted octanol–water partition coefficient (Wildman–Crippen LogP) is 3.36. The van der Waals surface area contributed by atoms with E-state index in [1.165, 1.54) is 19.3 Å². The van der Waals surface area contributed by atoms with Gasteiger partial charge in [0.2, 0.25) is 5.91 Å². The van der Waals surface area contributed by atoms with Crippen molar-refractivity contribution in [3.05, 3.63) is 0 Å². The molecule has 2 aliphatic carbocycles. The second kappa shape index (κ2) is 4.62. The van der Waals surface area contributed by atoms with Gasteiger partial charge in [0.1, 0.15) is 0 Å². The fourth-order valence-electron chi connectivity index (χ4n) is 4.21. The number of hydrogen-bond donors (Lipinski definition) is 1. The minimum Gasteiger partial charge on any atom is -0.353 e. The van der Waals surface area contributed by atoms with Crippen LogP contribution in [0.15, 0.2) is 0 Å². The van der Waals surface area contributed by atoms with Gasteiger partial charge < -0.3 is 5.32 Å². The Hall–Kier alpha value is -0.530. The largest absolute Gasteiger partial charge is 0.353 e. The lowest BCUT2D eigenvalue weighted by molar-refractivity contribution is -0.135. The molecule has 2 rings (SSSR count). The normalized spacial score (nSPS) is 41.4. The van der Waals surface area contributed by atoms with E-state index >= 15 is 0 Å². The highest BCUT2D eigenvalue weighted by Crippen LogP contribution is 2.50. The summed E-state index contributed by atoms with van der Waals surface area (Å²) in [6.07, 6.45) is 6.25. The summed E-state index contributed by atoms with van der Waals surface area (Å²) in [5, 5.41) is 3.11. The zero-order valence-corrected chi connectivity index (χ0v) is 11.8. The molecule has 0 aromatic rings. The van der Waals surface area contributed by atoms with Crippen LogP contribution < -0.4 is 5.32 Å². The number of amides is 1. The summed E-state index contributed by atoms with van der Waals surface area (Å²) in [7, 11) is 0. The van der Waals surface area contributed by atoms with E-state index in [9.17, 15) is 4.79 Å². The van der Waals surface area contributed by atoms with Gasteiger partial charge in [-0.1, -0.05) is 13.8 Å². The Morgan fingerprint density at radius 1 is 1.18 bits per heavy atom. The molecule has 0 spiro atoms. The maximum Gasteiger partial charge on any atom is 0.226 e. The molecule has 0 aliphatic heterocycles.